The Balaban J connectivity index is 0.00000300. The van der Waals surface area contributed by atoms with Crippen LogP contribution < -0.4 is 15.4 Å². The summed E-state index contributed by atoms with van der Waals surface area (Å²) in [5.41, 5.74) is 1.81. The van der Waals surface area contributed by atoms with E-state index in [4.69, 9.17) is 4.74 Å². The summed E-state index contributed by atoms with van der Waals surface area (Å²) in [7, 11) is -3.31. The van der Waals surface area contributed by atoms with Gasteiger partial charge in [0.05, 0.1) is 30.5 Å². The smallest absolute Gasteiger partial charge is 0.216 e. The van der Waals surface area contributed by atoms with Crippen LogP contribution in [0.2, 0.25) is 0 Å². The second kappa shape index (κ2) is 10.9. The second-order valence-electron chi connectivity index (χ2n) is 7.90. The summed E-state index contributed by atoms with van der Waals surface area (Å²) >= 11 is 0. The number of hydrogen-bond acceptors (Lipinski definition) is 4. The molecule has 164 valence electrons. The molecule has 0 radical (unpaired) electrons. The van der Waals surface area contributed by atoms with Crippen LogP contribution in [0, 0.1) is 0 Å². The number of nitrogens with zero attached hydrogens (tertiary/aromatic N) is 1. The van der Waals surface area contributed by atoms with Crippen molar-refractivity contribution in [3.8, 4) is 0 Å². The Morgan fingerprint density at radius 3 is 2.45 bits per heavy atom. The average molecular weight is 536 g/mol. The number of fused-ring (bicyclic) bond motifs is 2. The summed E-state index contributed by atoms with van der Waals surface area (Å²) in [6.45, 7) is 7.02. The van der Waals surface area contributed by atoms with Gasteiger partial charge >= 0.3 is 0 Å². The molecule has 2 bridgehead atoms. The first-order valence-electron chi connectivity index (χ1n) is 10.1. The number of ether oxygens (including phenoxy) is 1. The monoisotopic (exact) mass is 536 g/mol. The summed E-state index contributed by atoms with van der Waals surface area (Å²) < 4.78 is 32.6. The Labute approximate surface area is 191 Å². The van der Waals surface area contributed by atoms with Gasteiger partial charge in [0, 0.05) is 12.6 Å². The molecule has 0 spiro atoms. The Bertz CT molecular complexity index is 783. The molecule has 3 N–H and O–H groups in total. The maximum absolute atomic E-state index is 12.0. The van der Waals surface area contributed by atoms with E-state index in [9.17, 15) is 8.42 Å². The first-order valence-corrected chi connectivity index (χ1v) is 11.8. The number of guanidine groups is 1. The lowest BCUT2D eigenvalue weighted by molar-refractivity contribution is 0.0992. The van der Waals surface area contributed by atoms with E-state index in [0.29, 0.717) is 24.8 Å². The lowest BCUT2D eigenvalue weighted by Crippen LogP contribution is -2.47. The zero-order valence-electron chi connectivity index (χ0n) is 17.3. The van der Waals surface area contributed by atoms with Gasteiger partial charge in [-0.3, -0.25) is 0 Å². The number of rotatable bonds is 8. The number of nitrogens with one attached hydrogen (secondary N) is 3. The van der Waals surface area contributed by atoms with Crippen molar-refractivity contribution in [3.05, 3.63) is 35.4 Å². The highest BCUT2D eigenvalue weighted by molar-refractivity contribution is 14.0. The third-order valence-corrected chi connectivity index (χ3v) is 6.53. The van der Waals surface area contributed by atoms with Gasteiger partial charge in [-0.05, 0) is 51.2 Å². The van der Waals surface area contributed by atoms with Gasteiger partial charge in [0.2, 0.25) is 10.0 Å². The molecule has 3 rings (SSSR count). The largest absolute Gasteiger partial charge is 0.373 e. The Morgan fingerprint density at radius 1 is 1.21 bits per heavy atom. The molecule has 29 heavy (non-hydrogen) atoms. The normalized spacial score (nSPS) is 23.9. The van der Waals surface area contributed by atoms with Gasteiger partial charge in [-0.15, -0.1) is 24.0 Å². The summed E-state index contributed by atoms with van der Waals surface area (Å²) in [5.74, 6) is 0.792. The van der Waals surface area contributed by atoms with E-state index >= 15 is 0 Å². The molecule has 2 aliphatic rings. The molecule has 3 atom stereocenters. The van der Waals surface area contributed by atoms with Crippen molar-refractivity contribution in [2.45, 2.75) is 76.6 Å². The third kappa shape index (κ3) is 7.37. The maximum Gasteiger partial charge on any atom is 0.216 e. The summed E-state index contributed by atoms with van der Waals surface area (Å²) in [6, 6.07) is 7.82. The first kappa shape index (κ1) is 24.4. The molecule has 7 nitrogen and oxygen atoms in total. The molecule has 0 amide bonds. The van der Waals surface area contributed by atoms with Crippen molar-refractivity contribution in [1.29, 1.82) is 0 Å². The molecule has 2 saturated heterocycles. The Kier molecular flexibility index (Phi) is 9.17. The molecule has 1 aromatic rings. The summed E-state index contributed by atoms with van der Waals surface area (Å²) in [4.78, 5) is 4.68. The minimum Gasteiger partial charge on any atom is -0.373 e. The summed E-state index contributed by atoms with van der Waals surface area (Å²) in [6.07, 6.45) is 4.04. The molecular weight excluding hydrogens is 503 g/mol. The number of halogens is 1. The minimum absolute atomic E-state index is 0. The van der Waals surface area contributed by atoms with Crippen LogP contribution in [0.5, 0.6) is 0 Å². The van der Waals surface area contributed by atoms with E-state index in [1.165, 1.54) is 6.42 Å². The highest BCUT2D eigenvalue weighted by atomic mass is 127. The lowest BCUT2D eigenvalue weighted by Gasteiger charge is -2.22. The van der Waals surface area contributed by atoms with Crippen molar-refractivity contribution < 1.29 is 13.2 Å². The van der Waals surface area contributed by atoms with E-state index in [1.54, 1.807) is 0 Å². The summed E-state index contributed by atoms with van der Waals surface area (Å²) in [5, 5.41) is 6.80. The average Bonchev–Trinajstić information content (AvgIpc) is 3.22. The van der Waals surface area contributed by atoms with Crippen molar-refractivity contribution in [1.82, 2.24) is 15.4 Å². The van der Waals surface area contributed by atoms with Gasteiger partial charge in [-0.1, -0.05) is 24.3 Å². The number of aliphatic imine (C=N–C) groups is 1. The molecule has 3 unspecified atom stereocenters. The number of benzene rings is 1. The molecule has 0 aromatic heterocycles. The van der Waals surface area contributed by atoms with Crippen LogP contribution in [0.1, 0.15) is 51.2 Å². The molecule has 1 aromatic carbocycles. The predicted molar refractivity (Wildman–Crippen MR) is 127 cm³/mol. The first-order chi connectivity index (χ1) is 13.3. The SMILES string of the molecule is CCNC(=NCc1ccc(CS(=O)(=O)NC(C)C)cc1)NC1CC2CCC1O2.I. The Morgan fingerprint density at radius 2 is 1.90 bits per heavy atom. The van der Waals surface area contributed by atoms with E-state index in [2.05, 4.69) is 27.3 Å². The number of sulfonamides is 1. The van der Waals surface area contributed by atoms with Crippen molar-refractivity contribution in [2.24, 2.45) is 4.99 Å². The van der Waals surface area contributed by atoms with Gasteiger partial charge in [-0.2, -0.15) is 0 Å². The lowest BCUT2D eigenvalue weighted by atomic mass is 9.96. The fourth-order valence-electron chi connectivity index (χ4n) is 3.82. The van der Waals surface area contributed by atoms with Gasteiger partial charge in [0.25, 0.3) is 0 Å². The highest BCUT2D eigenvalue weighted by Crippen LogP contribution is 2.34. The van der Waals surface area contributed by atoms with Crippen LogP contribution >= 0.6 is 24.0 Å². The van der Waals surface area contributed by atoms with Crippen LogP contribution in [0.3, 0.4) is 0 Å². The molecule has 2 aliphatic heterocycles. The van der Waals surface area contributed by atoms with Gasteiger partial charge < -0.3 is 15.4 Å². The van der Waals surface area contributed by atoms with Crippen molar-refractivity contribution in [3.63, 3.8) is 0 Å². The zero-order valence-corrected chi connectivity index (χ0v) is 20.5. The zero-order chi connectivity index (χ0) is 20.1. The van der Waals surface area contributed by atoms with Crippen LogP contribution in [-0.2, 0) is 27.1 Å². The third-order valence-electron chi connectivity index (χ3n) is 4.99. The number of hydrogen-bond donors (Lipinski definition) is 3. The molecule has 0 saturated carbocycles. The van der Waals surface area contributed by atoms with E-state index < -0.39 is 10.0 Å². The topological polar surface area (TPSA) is 91.8 Å². The van der Waals surface area contributed by atoms with Crippen LogP contribution in [0.25, 0.3) is 0 Å². The van der Waals surface area contributed by atoms with Crippen LogP contribution in [0.15, 0.2) is 29.3 Å². The van der Waals surface area contributed by atoms with E-state index in [0.717, 1.165) is 36.5 Å². The van der Waals surface area contributed by atoms with Gasteiger partial charge in [-0.25, -0.2) is 18.1 Å². The quantitative estimate of drug-likeness (QED) is 0.270. The fraction of sp³-hybridized carbons (Fsp3) is 0.650. The van der Waals surface area contributed by atoms with Crippen LogP contribution in [-0.4, -0.2) is 45.2 Å². The minimum atomic E-state index is -3.31. The highest BCUT2D eigenvalue weighted by Gasteiger charge is 2.41. The molecular formula is C20H33IN4O3S. The Hall–Kier alpha value is -0.910. The van der Waals surface area contributed by atoms with Gasteiger partial charge in [0.1, 0.15) is 0 Å². The molecule has 9 heteroatoms. The fourth-order valence-corrected chi connectivity index (χ4v) is 5.25. The molecule has 0 aliphatic carbocycles. The predicted octanol–water partition coefficient (Wildman–Crippen LogP) is 2.51. The van der Waals surface area contributed by atoms with Crippen LogP contribution in [0.4, 0.5) is 0 Å². The molecule has 2 fully saturated rings. The standard InChI is InChI=1S/C20H32N4O3S.HI/c1-4-21-20(23-18-11-17-9-10-19(18)27-17)22-12-15-5-7-16(8-6-15)13-28(25,26)24-14(2)3;/h5-8,14,17-19,24H,4,9-13H2,1-3H3,(H2,21,22,23);1H. The van der Waals surface area contributed by atoms with E-state index in [-0.39, 0.29) is 35.8 Å². The van der Waals surface area contributed by atoms with Crippen molar-refractivity contribution in [2.75, 3.05) is 6.54 Å². The maximum atomic E-state index is 12.0. The van der Waals surface area contributed by atoms with Crippen molar-refractivity contribution >= 4 is 40.0 Å². The van der Waals surface area contributed by atoms with E-state index in [1.807, 2.05) is 38.1 Å². The second-order valence-corrected chi connectivity index (χ2v) is 9.66. The van der Waals surface area contributed by atoms with Gasteiger partial charge in [0.15, 0.2) is 5.96 Å². The molecule has 2 heterocycles.